The van der Waals surface area contributed by atoms with E-state index in [-0.39, 0.29) is 6.61 Å². The molecule has 1 heterocycles. The van der Waals surface area contributed by atoms with Gasteiger partial charge in [0, 0.05) is 10.7 Å². The van der Waals surface area contributed by atoms with Gasteiger partial charge in [-0.1, -0.05) is 11.6 Å². The monoisotopic (exact) mass is 284 g/mol. The lowest BCUT2D eigenvalue weighted by molar-refractivity contribution is -0.151. The molecule has 1 aliphatic rings. The average molecular weight is 285 g/mol. The van der Waals surface area contributed by atoms with Crippen molar-refractivity contribution >= 4 is 29.7 Å². The fourth-order valence-corrected chi connectivity index (χ4v) is 1.73. The first-order valence-electron chi connectivity index (χ1n) is 5.70. The molecule has 1 atom stereocenters. The number of benzene rings is 1. The predicted octanol–water partition coefficient (Wildman–Crippen LogP) is 1.70. The third kappa shape index (κ3) is 3.66. The van der Waals surface area contributed by atoms with Gasteiger partial charge >= 0.3 is 6.03 Å². The molecule has 1 unspecified atom stereocenters. The van der Waals surface area contributed by atoms with Crippen LogP contribution in [-0.2, 0) is 14.3 Å². The highest BCUT2D eigenvalue weighted by atomic mass is 35.5. The highest BCUT2D eigenvalue weighted by Crippen LogP contribution is 2.14. The van der Waals surface area contributed by atoms with Crippen molar-refractivity contribution in [1.82, 2.24) is 4.90 Å². The van der Waals surface area contributed by atoms with Gasteiger partial charge in [-0.15, -0.1) is 0 Å². The second-order valence-electron chi connectivity index (χ2n) is 3.85. The third-order valence-corrected chi connectivity index (χ3v) is 2.80. The Morgan fingerprint density at radius 2 is 2.11 bits per heavy atom. The number of nitrogens with zero attached hydrogens (tertiary/aromatic N) is 1. The van der Waals surface area contributed by atoms with Crippen LogP contribution in [0.15, 0.2) is 24.3 Å². The van der Waals surface area contributed by atoms with Crippen LogP contribution >= 0.6 is 11.6 Å². The number of hydrogen-bond donors (Lipinski definition) is 1. The molecule has 6 nitrogen and oxygen atoms in total. The fourth-order valence-electron chi connectivity index (χ4n) is 1.60. The summed E-state index contributed by atoms with van der Waals surface area (Å²) in [5.74, 6) is 0. The van der Waals surface area contributed by atoms with E-state index in [1.165, 1.54) is 0 Å². The van der Waals surface area contributed by atoms with E-state index in [2.05, 4.69) is 5.32 Å². The summed E-state index contributed by atoms with van der Waals surface area (Å²) in [5, 5.41) is 3.14. The van der Waals surface area contributed by atoms with Crippen molar-refractivity contribution < 1.29 is 19.1 Å². The maximum absolute atomic E-state index is 11.9. The molecule has 0 aliphatic carbocycles. The Morgan fingerprint density at radius 3 is 2.68 bits per heavy atom. The van der Waals surface area contributed by atoms with Gasteiger partial charge in [-0.25, -0.2) is 9.69 Å². The molecule has 19 heavy (non-hydrogen) atoms. The van der Waals surface area contributed by atoms with E-state index in [4.69, 9.17) is 21.1 Å². The number of rotatable bonds is 3. The average Bonchev–Trinajstić information content (AvgIpc) is 2.43. The molecule has 0 spiro atoms. The van der Waals surface area contributed by atoms with Gasteiger partial charge in [0.1, 0.15) is 0 Å². The smallest absolute Gasteiger partial charge is 0.330 e. The number of carbonyl (C=O) groups is 2. The van der Waals surface area contributed by atoms with Crippen LogP contribution in [-0.4, -0.2) is 43.4 Å². The summed E-state index contributed by atoms with van der Waals surface area (Å²) in [7, 11) is 0. The number of hydrogen-bond acceptors (Lipinski definition) is 4. The van der Waals surface area contributed by atoms with Crippen LogP contribution in [0.2, 0.25) is 5.02 Å². The molecule has 0 radical (unpaired) electrons. The lowest BCUT2D eigenvalue weighted by Crippen LogP contribution is -2.48. The minimum atomic E-state index is -0.696. The molecule has 7 heteroatoms. The van der Waals surface area contributed by atoms with E-state index in [0.29, 0.717) is 30.3 Å². The first kappa shape index (κ1) is 13.8. The summed E-state index contributed by atoms with van der Waals surface area (Å²) < 4.78 is 10.5. The number of anilines is 1. The van der Waals surface area contributed by atoms with E-state index >= 15 is 0 Å². The minimum absolute atomic E-state index is 0.173. The van der Waals surface area contributed by atoms with E-state index in [1.807, 2.05) is 0 Å². The quantitative estimate of drug-likeness (QED) is 0.858. The van der Waals surface area contributed by atoms with Gasteiger partial charge in [-0.2, -0.15) is 0 Å². The molecule has 0 bridgehead atoms. The van der Waals surface area contributed by atoms with Crippen molar-refractivity contribution in [1.29, 1.82) is 0 Å². The maximum atomic E-state index is 11.9. The number of halogens is 1. The topological polar surface area (TPSA) is 67.9 Å². The van der Waals surface area contributed by atoms with Gasteiger partial charge in [0.15, 0.2) is 6.23 Å². The molecular weight excluding hydrogens is 272 g/mol. The molecule has 1 aromatic carbocycles. The van der Waals surface area contributed by atoms with E-state index < -0.39 is 12.3 Å². The minimum Gasteiger partial charge on any atom is -0.374 e. The van der Waals surface area contributed by atoms with Gasteiger partial charge in [-0.05, 0) is 24.3 Å². The van der Waals surface area contributed by atoms with E-state index in [1.54, 1.807) is 24.3 Å². The highest BCUT2D eigenvalue weighted by molar-refractivity contribution is 6.30. The Balaban J connectivity index is 2.00. The molecule has 1 N–H and O–H groups in total. The van der Waals surface area contributed by atoms with E-state index in [0.717, 1.165) is 4.90 Å². The van der Waals surface area contributed by atoms with Crippen LogP contribution in [0.1, 0.15) is 0 Å². The Kier molecular flexibility index (Phi) is 4.73. The summed E-state index contributed by atoms with van der Waals surface area (Å²) >= 11 is 5.74. The number of urea groups is 1. The second kappa shape index (κ2) is 6.51. The van der Waals surface area contributed by atoms with Gasteiger partial charge in [0.2, 0.25) is 6.41 Å². The van der Waals surface area contributed by atoms with Crippen LogP contribution in [0.4, 0.5) is 10.5 Å². The zero-order chi connectivity index (χ0) is 13.7. The van der Waals surface area contributed by atoms with Crippen molar-refractivity contribution in [3.63, 3.8) is 0 Å². The summed E-state index contributed by atoms with van der Waals surface area (Å²) in [6, 6.07) is 5.99. The Hall–Kier alpha value is -1.63. The summed E-state index contributed by atoms with van der Waals surface area (Å²) in [6.07, 6.45) is -0.275. The van der Waals surface area contributed by atoms with Crippen molar-refractivity contribution in [3.8, 4) is 0 Å². The van der Waals surface area contributed by atoms with Gasteiger partial charge in [0.25, 0.3) is 0 Å². The molecule has 0 aromatic heterocycles. The predicted molar refractivity (Wildman–Crippen MR) is 68.9 cm³/mol. The largest absolute Gasteiger partial charge is 0.374 e. The molecule has 1 aromatic rings. The molecule has 1 aliphatic heterocycles. The molecule has 2 rings (SSSR count). The first-order valence-corrected chi connectivity index (χ1v) is 6.08. The summed E-state index contributed by atoms with van der Waals surface area (Å²) in [6.45, 7) is 0.984. The molecular formula is C12H13ClN2O4. The normalized spacial score (nSPS) is 18.7. The lowest BCUT2D eigenvalue weighted by atomic mass is 10.3. The van der Waals surface area contributed by atoms with Gasteiger partial charge < -0.3 is 14.8 Å². The number of ether oxygens (including phenoxy) is 2. The standard InChI is InChI=1S/C12H13ClN2O4/c13-9-1-3-10(4-2-9)14-12(17)15(8-16)11-7-18-5-6-19-11/h1-4,8,11H,5-7H2,(H,14,17). The molecule has 1 saturated heterocycles. The van der Waals surface area contributed by atoms with Crippen molar-refractivity contribution in [3.05, 3.63) is 29.3 Å². The molecule has 0 saturated carbocycles. The Labute approximate surface area is 115 Å². The van der Waals surface area contributed by atoms with Crippen LogP contribution in [0.3, 0.4) is 0 Å². The third-order valence-electron chi connectivity index (χ3n) is 2.55. The van der Waals surface area contributed by atoms with Gasteiger partial charge in [0.05, 0.1) is 19.8 Å². The van der Waals surface area contributed by atoms with Crippen molar-refractivity contribution in [2.45, 2.75) is 6.23 Å². The number of carbonyl (C=O) groups excluding carboxylic acids is 2. The number of amides is 3. The van der Waals surface area contributed by atoms with Crippen LogP contribution in [0, 0.1) is 0 Å². The Bertz CT molecular complexity index is 446. The second-order valence-corrected chi connectivity index (χ2v) is 4.29. The van der Waals surface area contributed by atoms with Crippen molar-refractivity contribution in [2.75, 3.05) is 25.1 Å². The maximum Gasteiger partial charge on any atom is 0.330 e. The zero-order valence-electron chi connectivity index (χ0n) is 10.0. The van der Waals surface area contributed by atoms with Crippen LogP contribution < -0.4 is 5.32 Å². The summed E-state index contributed by atoms with van der Waals surface area (Å²) in [5.41, 5.74) is 0.540. The molecule has 3 amide bonds. The van der Waals surface area contributed by atoms with Crippen molar-refractivity contribution in [2.24, 2.45) is 0 Å². The van der Waals surface area contributed by atoms with Gasteiger partial charge in [-0.3, -0.25) is 4.79 Å². The van der Waals surface area contributed by atoms with Crippen LogP contribution in [0.25, 0.3) is 0 Å². The number of nitrogens with one attached hydrogen (secondary N) is 1. The Morgan fingerprint density at radius 1 is 1.37 bits per heavy atom. The molecule has 102 valence electrons. The highest BCUT2D eigenvalue weighted by Gasteiger charge is 2.26. The molecule has 1 fully saturated rings. The van der Waals surface area contributed by atoms with E-state index in [9.17, 15) is 9.59 Å². The number of imide groups is 1. The first-order chi connectivity index (χ1) is 9.20. The zero-order valence-corrected chi connectivity index (χ0v) is 10.8. The fraction of sp³-hybridized carbons (Fsp3) is 0.333. The van der Waals surface area contributed by atoms with Crippen LogP contribution in [0.5, 0.6) is 0 Å². The SMILES string of the molecule is O=CN(C(=O)Nc1ccc(Cl)cc1)C1COCCO1. The lowest BCUT2D eigenvalue weighted by Gasteiger charge is -2.29. The summed E-state index contributed by atoms with van der Waals surface area (Å²) in [4.78, 5) is 23.9.